The number of aromatic nitrogens is 5. The zero-order valence-corrected chi connectivity index (χ0v) is 17.1. The van der Waals surface area contributed by atoms with Crippen molar-refractivity contribution >= 4 is 49.6 Å². The molecule has 4 aromatic rings. The molecule has 0 aliphatic rings. The minimum absolute atomic E-state index is 0.133. The molecule has 3 N–H and O–H groups in total. The van der Waals surface area contributed by atoms with Crippen molar-refractivity contribution in [1.29, 1.82) is 0 Å². The number of azo groups is 1. The van der Waals surface area contributed by atoms with E-state index in [9.17, 15) is 14.7 Å². The summed E-state index contributed by atoms with van der Waals surface area (Å²) in [5, 5.41) is 19.2. The molecule has 0 saturated heterocycles. The number of aromatic amines is 2. The summed E-state index contributed by atoms with van der Waals surface area (Å²) in [6.45, 7) is 2.16. The number of hydrogen-bond acceptors (Lipinski definition) is 6. The summed E-state index contributed by atoms with van der Waals surface area (Å²) in [4.78, 5) is 33.7. The molecule has 0 radical (unpaired) electrons. The lowest BCUT2D eigenvalue weighted by Crippen LogP contribution is -2.29. The Labute approximate surface area is 171 Å². The van der Waals surface area contributed by atoms with Crippen LogP contribution < -0.4 is 11.2 Å². The zero-order chi connectivity index (χ0) is 20.7. The molecule has 29 heavy (non-hydrogen) atoms. The van der Waals surface area contributed by atoms with Crippen LogP contribution in [-0.2, 0) is 13.6 Å². The molecule has 3 heterocycles. The van der Waals surface area contributed by atoms with Gasteiger partial charge in [-0.2, -0.15) is 4.98 Å². The molecule has 10 nitrogen and oxygen atoms in total. The lowest BCUT2D eigenvalue weighted by molar-refractivity contribution is 0.459. The Morgan fingerprint density at radius 2 is 2.07 bits per heavy atom. The molecule has 0 amide bonds. The van der Waals surface area contributed by atoms with E-state index in [-0.39, 0.29) is 28.7 Å². The Balaban J connectivity index is 1.93. The first-order valence-corrected chi connectivity index (χ1v) is 9.42. The van der Waals surface area contributed by atoms with Gasteiger partial charge in [0.2, 0.25) is 5.88 Å². The van der Waals surface area contributed by atoms with Gasteiger partial charge in [-0.3, -0.25) is 18.9 Å². The second-order valence-electron chi connectivity index (χ2n) is 6.29. The van der Waals surface area contributed by atoms with Gasteiger partial charge in [0.15, 0.2) is 16.9 Å². The quantitative estimate of drug-likeness (QED) is 0.319. The van der Waals surface area contributed by atoms with Crippen LogP contribution in [0.5, 0.6) is 5.88 Å². The Morgan fingerprint density at radius 1 is 1.28 bits per heavy atom. The fourth-order valence-electron chi connectivity index (χ4n) is 3.01. The number of nitrogens with one attached hydrogen (secondary N) is 2. The number of allylic oxidation sites excluding steroid dienone is 2. The molecule has 0 fully saturated rings. The molecule has 0 aliphatic heterocycles. The van der Waals surface area contributed by atoms with Crippen molar-refractivity contribution in [2.24, 2.45) is 17.3 Å². The summed E-state index contributed by atoms with van der Waals surface area (Å²) in [5.74, 6) is -0.00300. The highest BCUT2D eigenvalue weighted by molar-refractivity contribution is 9.10. The van der Waals surface area contributed by atoms with Crippen LogP contribution in [0.4, 0.5) is 11.6 Å². The van der Waals surface area contributed by atoms with E-state index in [1.807, 2.05) is 25.1 Å². The van der Waals surface area contributed by atoms with Gasteiger partial charge in [0.25, 0.3) is 11.5 Å². The Morgan fingerprint density at radius 3 is 2.83 bits per heavy atom. The fraction of sp³-hybridized carbons (Fsp3) is 0.167. The largest absolute Gasteiger partial charge is 0.493 e. The van der Waals surface area contributed by atoms with Crippen molar-refractivity contribution in [3.63, 3.8) is 0 Å². The summed E-state index contributed by atoms with van der Waals surface area (Å²) < 4.78 is 3.61. The molecular weight excluding hydrogens is 442 g/mol. The summed E-state index contributed by atoms with van der Waals surface area (Å²) in [5.41, 5.74) is 0.226. The summed E-state index contributed by atoms with van der Waals surface area (Å²) in [7, 11) is 1.51. The second kappa shape index (κ2) is 7.17. The fourth-order valence-corrected chi connectivity index (χ4v) is 3.38. The molecule has 11 heteroatoms. The van der Waals surface area contributed by atoms with Crippen LogP contribution in [0, 0.1) is 0 Å². The number of aryl methyl sites for hydroxylation is 1. The van der Waals surface area contributed by atoms with E-state index in [4.69, 9.17) is 0 Å². The number of H-pyrrole nitrogens is 2. The monoisotopic (exact) mass is 457 g/mol. The van der Waals surface area contributed by atoms with Gasteiger partial charge in [-0.05, 0) is 25.1 Å². The van der Waals surface area contributed by atoms with Gasteiger partial charge in [-0.1, -0.05) is 28.1 Å². The van der Waals surface area contributed by atoms with Crippen molar-refractivity contribution in [3.05, 3.63) is 55.7 Å². The van der Waals surface area contributed by atoms with Crippen LogP contribution in [0.2, 0.25) is 0 Å². The normalized spacial score (nSPS) is 12.2. The van der Waals surface area contributed by atoms with Gasteiger partial charge in [0, 0.05) is 23.5 Å². The molecule has 1 aromatic carbocycles. The standard InChI is InChI=1S/C18H16BrN7O3/c1-3-4-7-26-13-14(25(2)18(29)22-16(13)28)21-17(26)24-23-12-10-8-9(19)5-6-11(10)20-15(12)27/h3-6,8,20,27H,7H2,1-2H3,(H,22,28,29)/b4-3+,24-23?. The van der Waals surface area contributed by atoms with Gasteiger partial charge >= 0.3 is 5.69 Å². The number of halogens is 1. The third kappa shape index (κ3) is 3.18. The van der Waals surface area contributed by atoms with Gasteiger partial charge in [0.1, 0.15) is 0 Å². The van der Waals surface area contributed by atoms with E-state index in [1.165, 1.54) is 11.6 Å². The van der Waals surface area contributed by atoms with Crippen molar-refractivity contribution in [1.82, 2.24) is 24.1 Å². The highest BCUT2D eigenvalue weighted by Crippen LogP contribution is 2.37. The molecular formula is C18H16BrN7O3. The predicted octanol–water partition coefficient (Wildman–Crippen LogP) is 3.36. The van der Waals surface area contributed by atoms with Gasteiger partial charge in [0.05, 0.1) is 5.52 Å². The van der Waals surface area contributed by atoms with Crippen molar-refractivity contribution in [2.45, 2.75) is 13.5 Å². The molecule has 0 unspecified atom stereocenters. The number of fused-ring (bicyclic) bond motifs is 2. The topological polar surface area (TPSA) is 133 Å². The van der Waals surface area contributed by atoms with E-state index in [0.717, 1.165) is 4.47 Å². The van der Waals surface area contributed by atoms with Crippen molar-refractivity contribution in [2.75, 3.05) is 0 Å². The number of nitrogens with zero attached hydrogens (tertiary/aromatic N) is 5. The summed E-state index contributed by atoms with van der Waals surface area (Å²) in [6.07, 6.45) is 3.65. The molecule has 0 saturated carbocycles. The lowest BCUT2D eigenvalue weighted by Gasteiger charge is -2.02. The third-order valence-electron chi connectivity index (χ3n) is 4.46. The second-order valence-corrected chi connectivity index (χ2v) is 7.21. The maximum atomic E-state index is 12.4. The van der Waals surface area contributed by atoms with Gasteiger partial charge < -0.3 is 10.1 Å². The van der Waals surface area contributed by atoms with Crippen molar-refractivity contribution in [3.8, 4) is 5.88 Å². The highest BCUT2D eigenvalue weighted by Gasteiger charge is 2.17. The number of aromatic hydroxyl groups is 1. The van der Waals surface area contributed by atoms with E-state index in [2.05, 4.69) is 41.1 Å². The Kier molecular flexibility index (Phi) is 4.66. The van der Waals surface area contributed by atoms with Crippen LogP contribution in [0.1, 0.15) is 6.92 Å². The highest BCUT2D eigenvalue weighted by atomic mass is 79.9. The third-order valence-corrected chi connectivity index (χ3v) is 4.96. The number of hydrogen-bond donors (Lipinski definition) is 3. The molecule has 4 rings (SSSR count). The molecule has 0 spiro atoms. The van der Waals surface area contributed by atoms with Gasteiger partial charge in [-0.25, -0.2) is 4.79 Å². The maximum Gasteiger partial charge on any atom is 0.329 e. The first-order valence-electron chi connectivity index (χ1n) is 8.63. The van der Waals surface area contributed by atoms with E-state index >= 15 is 0 Å². The smallest absolute Gasteiger partial charge is 0.329 e. The Bertz CT molecular complexity index is 1420. The predicted molar refractivity (Wildman–Crippen MR) is 112 cm³/mol. The molecule has 0 atom stereocenters. The average Bonchev–Trinajstić information content (AvgIpc) is 3.20. The Hall–Kier alpha value is -3.47. The van der Waals surface area contributed by atoms with E-state index in [0.29, 0.717) is 17.4 Å². The molecule has 148 valence electrons. The number of benzene rings is 1. The minimum Gasteiger partial charge on any atom is -0.493 e. The summed E-state index contributed by atoms with van der Waals surface area (Å²) in [6, 6.07) is 5.44. The van der Waals surface area contributed by atoms with E-state index in [1.54, 1.807) is 16.7 Å². The lowest BCUT2D eigenvalue weighted by atomic mass is 10.2. The molecule has 0 aliphatic carbocycles. The average molecular weight is 458 g/mol. The summed E-state index contributed by atoms with van der Waals surface area (Å²) >= 11 is 3.40. The number of imidazole rings is 1. The first kappa shape index (κ1) is 18.9. The maximum absolute atomic E-state index is 12.4. The molecule has 3 aromatic heterocycles. The van der Waals surface area contributed by atoms with Crippen LogP contribution in [0.15, 0.2) is 54.6 Å². The van der Waals surface area contributed by atoms with Gasteiger partial charge in [-0.15, -0.1) is 10.2 Å². The first-order chi connectivity index (χ1) is 13.9. The van der Waals surface area contributed by atoms with Crippen LogP contribution in [0.25, 0.3) is 22.1 Å². The van der Waals surface area contributed by atoms with Crippen molar-refractivity contribution < 1.29 is 5.11 Å². The minimum atomic E-state index is -0.569. The molecule has 0 bridgehead atoms. The zero-order valence-electron chi connectivity index (χ0n) is 15.5. The number of rotatable bonds is 4. The van der Waals surface area contributed by atoms with Crippen LogP contribution >= 0.6 is 15.9 Å². The van der Waals surface area contributed by atoms with Crippen LogP contribution in [0.3, 0.4) is 0 Å². The SMILES string of the molecule is C/C=C/Cn1c(N=Nc2c(O)[nH]c3ccc(Br)cc23)nc2c1c(=O)[nH]c(=O)n2C. The van der Waals surface area contributed by atoms with Crippen LogP contribution in [-0.4, -0.2) is 29.2 Å². The van der Waals surface area contributed by atoms with E-state index < -0.39 is 11.2 Å².